The molecule has 122 valence electrons. The Kier molecular flexibility index (Phi) is 2.91. The number of alkyl halides is 3. The summed E-state index contributed by atoms with van der Waals surface area (Å²) in [4.78, 5) is 3.70. The van der Waals surface area contributed by atoms with E-state index in [1.807, 2.05) is 0 Å². The number of nitrogens with zero attached hydrogens (tertiary/aromatic N) is 3. The van der Waals surface area contributed by atoms with Crippen LogP contribution in [0, 0.1) is 0 Å². The smallest absolute Gasteiger partial charge is 0.239 e. The van der Waals surface area contributed by atoms with Gasteiger partial charge in [0.05, 0.1) is 6.04 Å². The van der Waals surface area contributed by atoms with Crippen LogP contribution in [0.15, 0.2) is 35.5 Å². The molecule has 0 saturated heterocycles. The van der Waals surface area contributed by atoms with Gasteiger partial charge in [-0.1, -0.05) is 30.3 Å². The summed E-state index contributed by atoms with van der Waals surface area (Å²) >= 11 is 0. The molecular formula is C14H12F3N3O2S. The van der Waals surface area contributed by atoms with Crippen molar-refractivity contribution in [1.82, 2.24) is 14.8 Å². The van der Waals surface area contributed by atoms with Crippen LogP contribution in [0.25, 0.3) is 0 Å². The minimum absolute atomic E-state index is 0.0965. The van der Waals surface area contributed by atoms with Gasteiger partial charge < -0.3 is 0 Å². The fraction of sp³-hybridized carbons (Fsp3) is 0.429. The summed E-state index contributed by atoms with van der Waals surface area (Å²) in [7, 11) is -4.34. The molecule has 1 aliphatic heterocycles. The number of benzene rings is 1. The highest BCUT2D eigenvalue weighted by Gasteiger charge is 2.66. The van der Waals surface area contributed by atoms with Crippen LogP contribution in [-0.4, -0.2) is 34.4 Å². The lowest BCUT2D eigenvalue weighted by Crippen LogP contribution is -2.17. The highest BCUT2D eigenvalue weighted by molar-refractivity contribution is 7.92. The summed E-state index contributed by atoms with van der Waals surface area (Å²) in [6, 6.07) is 8.42. The minimum Gasteiger partial charge on any atom is -0.239 e. The van der Waals surface area contributed by atoms with Gasteiger partial charge in [-0.25, -0.2) is 26.3 Å². The topological polar surface area (TPSA) is 64.8 Å². The number of sulfone groups is 1. The average Bonchev–Trinajstić information content (AvgIpc) is 2.87. The van der Waals surface area contributed by atoms with E-state index in [1.165, 1.54) is 4.68 Å². The summed E-state index contributed by atoms with van der Waals surface area (Å²) < 4.78 is 65.8. The number of halogens is 3. The predicted molar refractivity (Wildman–Crippen MR) is 73.6 cm³/mol. The molecule has 2 heterocycles. The second kappa shape index (κ2) is 4.56. The van der Waals surface area contributed by atoms with Crippen LogP contribution in [0.4, 0.5) is 13.2 Å². The molecule has 0 radical (unpaired) electrons. The highest BCUT2D eigenvalue weighted by atomic mass is 32.2. The molecule has 0 N–H and O–H groups in total. The lowest BCUT2D eigenvalue weighted by molar-refractivity contribution is 0.121. The van der Waals surface area contributed by atoms with Crippen molar-refractivity contribution in [2.24, 2.45) is 0 Å². The van der Waals surface area contributed by atoms with E-state index in [0.717, 1.165) is 5.56 Å². The zero-order valence-electron chi connectivity index (χ0n) is 11.7. The highest BCUT2D eigenvalue weighted by Crippen LogP contribution is 2.49. The fourth-order valence-electron chi connectivity index (χ4n) is 2.88. The number of hydrogen-bond acceptors (Lipinski definition) is 4. The Hall–Kier alpha value is -1.90. The first-order valence-corrected chi connectivity index (χ1v) is 8.62. The summed E-state index contributed by atoms with van der Waals surface area (Å²) in [6.07, 6.45) is -2.11. The molecule has 4 rings (SSSR count). The molecule has 9 heteroatoms. The summed E-state index contributed by atoms with van der Waals surface area (Å²) in [5.74, 6) is -3.37. The Labute approximate surface area is 130 Å². The van der Waals surface area contributed by atoms with Gasteiger partial charge in [0.15, 0.2) is 12.0 Å². The second-order valence-corrected chi connectivity index (χ2v) is 7.85. The molecule has 1 aliphatic carbocycles. The zero-order chi connectivity index (χ0) is 16.4. The number of fused-ring (bicyclic) bond motifs is 1. The standard InChI is InChI=1S/C14H12F3N3O2S/c15-9-6-10(8-4-2-1-3-5-8)20-12(9)18-13(19-20)23(21,22)11-7-14(11,16)17/h1-5,9-11H,6-7H2/t9-,10-,11-/m0/s1. The van der Waals surface area contributed by atoms with Crippen molar-refractivity contribution in [3.8, 4) is 0 Å². The molecule has 1 aromatic heterocycles. The third kappa shape index (κ3) is 2.17. The normalized spacial score (nSPS) is 28.6. The van der Waals surface area contributed by atoms with E-state index in [1.54, 1.807) is 30.3 Å². The lowest BCUT2D eigenvalue weighted by Gasteiger charge is -2.11. The third-order valence-corrected chi connectivity index (χ3v) is 6.17. The second-order valence-electron chi connectivity index (χ2n) is 5.83. The summed E-state index contributed by atoms with van der Waals surface area (Å²) in [5.41, 5.74) is 0.763. The Morgan fingerprint density at radius 3 is 2.48 bits per heavy atom. The molecule has 2 aromatic rings. The van der Waals surface area contributed by atoms with Crippen LogP contribution in [0.5, 0.6) is 0 Å². The molecule has 0 spiro atoms. The summed E-state index contributed by atoms with van der Waals surface area (Å²) in [6.45, 7) is 0. The molecule has 0 unspecified atom stereocenters. The van der Waals surface area contributed by atoms with Crippen molar-refractivity contribution >= 4 is 9.84 Å². The minimum atomic E-state index is -4.34. The van der Waals surface area contributed by atoms with Crippen LogP contribution in [0.3, 0.4) is 0 Å². The van der Waals surface area contributed by atoms with Crippen LogP contribution in [0.2, 0.25) is 0 Å². The maximum absolute atomic E-state index is 14.2. The average molecular weight is 343 g/mol. The molecule has 2 aliphatic rings. The van der Waals surface area contributed by atoms with E-state index in [0.29, 0.717) is 0 Å². The van der Waals surface area contributed by atoms with Gasteiger partial charge >= 0.3 is 0 Å². The predicted octanol–water partition coefficient (Wildman–Crippen LogP) is 2.46. The molecule has 23 heavy (non-hydrogen) atoms. The molecule has 0 bridgehead atoms. The molecule has 1 saturated carbocycles. The van der Waals surface area contributed by atoms with Crippen molar-refractivity contribution in [3.63, 3.8) is 0 Å². The van der Waals surface area contributed by atoms with Crippen LogP contribution >= 0.6 is 0 Å². The van der Waals surface area contributed by atoms with Gasteiger partial charge in [0, 0.05) is 12.8 Å². The van der Waals surface area contributed by atoms with Gasteiger partial charge in [0.1, 0.15) is 5.25 Å². The number of rotatable bonds is 3. The van der Waals surface area contributed by atoms with Crippen molar-refractivity contribution in [1.29, 1.82) is 0 Å². The molecule has 1 aromatic carbocycles. The SMILES string of the molecule is O=S(=O)(c1nc2n(n1)[C@H](c1ccccc1)C[C@@H]2F)[C@H]1CC1(F)F. The number of hydrogen-bond donors (Lipinski definition) is 0. The van der Waals surface area contributed by atoms with Crippen LogP contribution in [0.1, 0.15) is 36.4 Å². The molecular weight excluding hydrogens is 331 g/mol. The van der Waals surface area contributed by atoms with Gasteiger partial charge in [0.25, 0.3) is 11.1 Å². The van der Waals surface area contributed by atoms with E-state index in [-0.39, 0.29) is 12.2 Å². The molecule has 5 nitrogen and oxygen atoms in total. The largest absolute Gasteiger partial charge is 0.267 e. The van der Waals surface area contributed by atoms with Crippen LogP contribution < -0.4 is 0 Å². The van der Waals surface area contributed by atoms with Crippen LogP contribution in [-0.2, 0) is 9.84 Å². The van der Waals surface area contributed by atoms with E-state index in [2.05, 4.69) is 10.1 Å². The monoisotopic (exact) mass is 343 g/mol. The van der Waals surface area contributed by atoms with E-state index >= 15 is 0 Å². The number of aromatic nitrogens is 3. The van der Waals surface area contributed by atoms with Gasteiger partial charge in [-0.2, -0.15) is 4.98 Å². The quantitative estimate of drug-likeness (QED) is 0.859. The van der Waals surface area contributed by atoms with E-state index in [4.69, 9.17) is 0 Å². The maximum Gasteiger partial charge on any atom is 0.267 e. The van der Waals surface area contributed by atoms with Crippen molar-refractivity contribution in [3.05, 3.63) is 41.7 Å². The molecule has 1 fully saturated rings. The maximum atomic E-state index is 14.2. The Bertz CT molecular complexity index is 867. The van der Waals surface area contributed by atoms with E-state index in [9.17, 15) is 21.6 Å². The van der Waals surface area contributed by atoms with Gasteiger partial charge in [-0.05, 0) is 5.56 Å². The van der Waals surface area contributed by atoms with E-state index < -0.39 is 44.8 Å². The Morgan fingerprint density at radius 2 is 1.87 bits per heavy atom. The first-order valence-electron chi connectivity index (χ1n) is 7.08. The van der Waals surface area contributed by atoms with Crippen molar-refractivity contribution in [2.45, 2.75) is 41.4 Å². The van der Waals surface area contributed by atoms with Crippen molar-refractivity contribution in [2.75, 3.05) is 0 Å². The third-order valence-electron chi connectivity index (χ3n) is 4.23. The van der Waals surface area contributed by atoms with Gasteiger partial charge in [0.2, 0.25) is 9.84 Å². The Morgan fingerprint density at radius 1 is 1.22 bits per heavy atom. The Balaban J connectivity index is 1.74. The first kappa shape index (κ1) is 14.7. The van der Waals surface area contributed by atoms with Gasteiger partial charge in [-0.15, -0.1) is 5.10 Å². The van der Waals surface area contributed by atoms with Gasteiger partial charge in [-0.3, -0.25) is 0 Å². The zero-order valence-corrected chi connectivity index (χ0v) is 12.5. The fourth-order valence-corrected chi connectivity index (χ4v) is 4.46. The molecule has 0 amide bonds. The first-order chi connectivity index (χ1) is 10.8. The molecule has 3 atom stereocenters. The van der Waals surface area contributed by atoms with Crippen molar-refractivity contribution < 1.29 is 21.6 Å². The lowest BCUT2D eigenvalue weighted by atomic mass is 10.0. The summed E-state index contributed by atoms with van der Waals surface area (Å²) in [5, 5.41) is 1.33.